The third-order valence-corrected chi connectivity index (χ3v) is 20.2. The molecule has 2 aliphatic rings. The Morgan fingerprint density at radius 3 is 0.939 bits per heavy atom. The third-order valence-electron chi connectivity index (χ3n) is 20.2. The molecule has 0 aromatic carbocycles. The van der Waals surface area contributed by atoms with Crippen LogP contribution < -0.4 is 0 Å². The summed E-state index contributed by atoms with van der Waals surface area (Å²) in [4.78, 5) is 0. The summed E-state index contributed by atoms with van der Waals surface area (Å²) >= 11 is 0. The highest BCUT2D eigenvalue weighted by molar-refractivity contribution is 5.42. The van der Waals surface area contributed by atoms with E-state index < -0.39 is 0 Å². The quantitative estimate of drug-likeness (QED) is 0.0533. The molecule has 82 heavy (non-hydrogen) atoms. The molecule has 2 aliphatic carbocycles. The molecule has 484 valence electrons. The Balaban J connectivity index is 0.000000845. The van der Waals surface area contributed by atoms with Crippen LogP contribution in [-0.2, 0) is 0 Å². The molecule has 0 spiro atoms. The van der Waals surface area contributed by atoms with Gasteiger partial charge < -0.3 is 0 Å². The summed E-state index contributed by atoms with van der Waals surface area (Å²) in [6.45, 7) is 18.7. The van der Waals surface area contributed by atoms with Crippen LogP contribution in [0, 0.1) is 11.3 Å². The first-order valence-corrected chi connectivity index (χ1v) is 39.3. The van der Waals surface area contributed by atoms with Gasteiger partial charge in [0.25, 0.3) is 0 Å². The standard InChI is InChI=1S/C46H88.C36H68/c1-5-9-13-17-21-24-28-32-36-41-46(42-37-33-29-25-22-18-14-10-6-2)43-40-44(38-34-30-26-20-16-12-8-4)45(46)39-35-31-27-23-19-15-11-7-3;1-5-8-11-14-17-19-22-25-28-34(27-24-21-16-13-10-7-3)32-35-31-30-33(4)36(35)29-26-23-20-18-15-12-9-6-2/h40,43H,5-39,41-42H2,1-4H3;30,34H,5-29,31-32H2,1-4H3. The second kappa shape index (κ2) is 61.6. The Labute approximate surface area is 521 Å². The maximum absolute atomic E-state index is 2.78. The first-order valence-electron chi connectivity index (χ1n) is 39.3. The molecule has 0 saturated carbocycles. The van der Waals surface area contributed by atoms with E-state index in [4.69, 9.17) is 0 Å². The van der Waals surface area contributed by atoms with Gasteiger partial charge in [-0.25, -0.2) is 0 Å². The maximum atomic E-state index is 2.78. The Morgan fingerprint density at radius 2 is 0.598 bits per heavy atom. The van der Waals surface area contributed by atoms with Crippen molar-refractivity contribution in [2.75, 3.05) is 0 Å². The van der Waals surface area contributed by atoms with Crippen molar-refractivity contribution >= 4 is 0 Å². The van der Waals surface area contributed by atoms with E-state index in [1.54, 1.807) is 16.7 Å². The van der Waals surface area contributed by atoms with E-state index in [0.717, 1.165) is 5.92 Å². The molecule has 0 amide bonds. The van der Waals surface area contributed by atoms with E-state index in [1.807, 2.05) is 11.1 Å². The zero-order valence-corrected chi connectivity index (χ0v) is 58.6. The van der Waals surface area contributed by atoms with E-state index in [0.29, 0.717) is 5.41 Å². The minimum atomic E-state index is 0.403. The molecule has 0 bridgehead atoms. The van der Waals surface area contributed by atoms with E-state index >= 15 is 0 Å². The van der Waals surface area contributed by atoms with Gasteiger partial charge >= 0.3 is 0 Å². The highest BCUT2D eigenvalue weighted by atomic mass is 14.4. The number of rotatable bonds is 64. The zero-order chi connectivity index (χ0) is 59.3. The van der Waals surface area contributed by atoms with Crippen LogP contribution >= 0.6 is 0 Å². The molecule has 0 saturated heterocycles. The van der Waals surface area contributed by atoms with Crippen molar-refractivity contribution in [1.29, 1.82) is 0 Å². The molecule has 0 fully saturated rings. The monoisotopic (exact) mass is 1140 g/mol. The van der Waals surface area contributed by atoms with Gasteiger partial charge in [0.1, 0.15) is 0 Å². The van der Waals surface area contributed by atoms with Crippen LogP contribution in [0.3, 0.4) is 0 Å². The number of unbranched alkanes of at least 4 members (excludes halogenated alkanes) is 48. The first kappa shape index (κ1) is 79.0. The lowest BCUT2D eigenvalue weighted by molar-refractivity contribution is 0.342. The van der Waals surface area contributed by atoms with Gasteiger partial charge in [0.05, 0.1) is 0 Å². The summed E-state index contributed by atoms with van der Waals surface area (Å²) in [5.74, 6) is 0.944. The van der Waals surface area contributed by atoms with E-state index in [1.165, 1.54) is 411 Å². The van der Waals surface area contributed by atoms with Gasteiger partial charge in [0.2, 0.25) is 0 Å². The number of allylic oxidation sites excluding steroid dienone is 8. The van der Waals surface area contributed by atoms with Gasteiger partial charge in [0, 0.05) is 5.41 Å². The lowest BCUT2D eigenvalue weighted by Gasteiger charge is -2.33. The molecule has 0 aromatic heterocycles. The molecule has 0 N–H and O–H groups in total. The van der Waals surface area contributed by atoms with Gasteiger partial charge in [-0.05, 0) is 88.2 Å². The Hall–Kier alpha value is -1.04. The SMILES string of the molecule is CCCCCCCCCCC1=C(CC(CCCCCCCC)CCCCCCCCCC)CC=C1C.CCCCCCCCCCCC1(CCCCCCCCCCC)C=CC(CCCCCCCCC)=C1CCCCCCCCCC. The topological polar surface area (TPSA) is 0 Å². The third kappa shape index (κ3) is 45.3. The lowest BCUT2D eigenvalue weighted by atomic mass is 9.71. The summed E-state index contributed by atoms with van der Waals surface area (Å²) in [7, 11) is 0. The van der Waals surface area contributed by atoms with Crippen LogP contribution in [-0.4, -0.2) is 0 Å². The van der Waals surface area contributed by atoms with Crippen LogP contribution in [0.1, 0.15) is 466 Å². The van der Waals surface area contributed by atoms with Crippen molar-refractivity contribution in [3.05, 3.63) is 46.1 Å². The summed E-state index contributed by atoms with van der Waals surface area (Å²) in [6, 6.07) is 0. The Bertz CT molecular complexity index is 1410. The van der Waals surface area contributed by atoms with Crippen LogP contribution in [0.15, 0.2) is 46.1 Å². The minimum Gasteiger partial charge on any atom is -0.0772 e. The molecular formula is C82H156. The second-order valence-electron chi connectivity index (χ2n) is 28.0. The van der Waals surface area contributed by atoms with Gasteiger partial charge in [-0.1, -0.05) is 430 Å². The fourth-order valence-corrected chi connectivity index (χ4v) is 14.5. The molecule has 1 unspecified atom stereocenters. The Morgan fingerprint density at radius 1 is 0.317 bits per heavy atom. The lowest BCUT2D eigenvalue weighted by Crippen LogP contribution is -2.20. The van der Waals surface area contributed by atoms with Crippen molar-refractivity contribution in [2.24, 2.45) is 11.3 Å². The predicted molar refractivity (Wildman–Crippen MR) is 378 cm³/mol. The summed E-state index contributed by atoms with van der Waals surface area (Å²) in [5, 5.41) is 0. The molecule has 0 aliphatic heterocycles. The molecule has 1 atom stereocenters. The minimum absolute atomic E-state index is 0.403. The van der Waals surface area contributed by atoms with Gasteiger partial charge in [0.15, 0.2) is 0 Å². The maximum Gasteiger partial charge on any atom is 0.00997 e. The normalized spacial score (nSPS) is 14.4. The molecule has 2 rings (SSSR count). The van der Waals surface area contributed by atoms with Crippen LogP contribution in [0.5, 0.6) is 0 Å². The highest BCUT2D eigenvalue weighted by Crippen LogP contribution is 2.49. The van der Waals surface area contributed by atoms with Crippen LogP contribution in [0.2, 0.25) is 0 Å². The summed E-state index contributed by atoms with van der Waals surface area (Å²) in [6.07, 6.45) is 99.9. The average Bonchev–Trinajstić information content (AvgIpc) is 3.97. The molecule has 0 heteroatoms. The van der Waals surface area contributed by atoms with E-state index in [9.17, 15) is 0 Å². The van der Waals surface area contributed by atoms with Crippen molar-refractivity contribution in [3.63, 3.8) is 0 Å². The Kier molecular flexibility index (Phi) is 59.3. The smallest absolute Gasteiger partial charge is 0.00997 e. The molecule has 0 aromatic rings. The highest BCUT2D eigenvalue weighted by Gasteiger charge is 2.35. The fraction of sp³-hybridized carbons (Fsp3) is 0.902. The van der Waals surface area contributed by atoms with Gasteiger partial charge in [-0.15, -0.1) is 0 Å². The summed E-state index contributed by atoms with van der Waals surface area (Å²) < 4.78 is 0. The first-order chi connectivity index (χ1) is 40.5. The molecular weight excluding hydrogens is 985 g/mol. The van der Waals surface area contributed by atoms with Gasteiger partial charge in [-0.2, -0.15) is 0 Å². The van der Waals surface area contributed by atoms with Crippen molar-refractivity contribution < 1.29 is 0 Å². The molecule has 0 radical (unpaired) electrons. The second-order valence-corrected chi connectivity index (χ2v) is 28.0. The molecule has 0 heterocycles. The van der Waals surface area contributed by atoms with E-state index in [-0.39, 0.29) is 0 Å². The fourth-order valence-electron chi connectivity index (χ4n) is 14.5. The zero-order valence-electron chi connectivity index (χ0n) is 58.6. The number of hydrogen-bond donors (Lipinski definition) is 0. The van der Waals surface area contributed by atoms with Crippen molar-refractivity contribution in [1.82, 2.24) is 0 Å². The molecule has 0 nitrogen and oxygen atoms in total. The van der Waals surface area contributed by atoms with Crippen molar-refractivity contribution in [3.8, 4) is 0 Å². The largest absolute Gasteiger partial charge is 0.0772 e. The van der Waals surface area contributed by atoms with Crippen LogP contribution in [0.25, 0.3) is 0 Å². The van der Waals surface area contributed by atoms with E-state index in [2.05, 4.69) is 73.6 Å². The van der Waals surface area contributed by atoms with Crippen LogP contribution in [0.4, 0.5) is 0 Å². The van der Waals surface area contributed by atoms with Crippen molar-refractivity contribution in [2.45, 2.75) is 466 Å². The predicted octanol–water partition coefficient (Wildman–Crippen LogP) is 30.8. The average molecular weight is 1140 g/mol. The summed E-state index contributed by atoms with van der Waals surface area (Å²) in [5.41, 5.74) is 9.38. The van der Waals surface area contributed by atoms with Gasteiger partial charge in [-0.3, -0.25) is 0 Å². The number of hydrogen-bond acceptors (Lipinski definition) is 0.